The van der Waals surface area contributed by atoms with Crippen LogP contribution in [0.2, 0.25) is 0 Å². The van der Waals surface area contributed by atoms with Gasteiger partial charge in [0.25, 0.3) is 0 Å². The molecule has 0 saturated heterocycles. The van der Waals surface area contributed by atoms with E-state index in [-0.39, 0.29) is 19.8 Å². The van der Waals surface area contributed by atoms with Gasteiger partial charge in [-0.3, -0.25) is 14.5 Å². The van der Waals surface area contributed by atoms with Gasteiger partial charge in [0, 0.05) is 19.6 Å². The summed E-state index contributed by atoms with van der Waals surface area (Å²) in [7, 11) is 0. The van der Waals surface area contributed by atoms with E-state index in [2.05, 4.69) is 5.73 Å². The van der Waals surface area contributed by atoms with E-state index in [9.17, 15) is 9.59 Å². The first-order chi connectivity index (χ1) is 9.38. The molecule has 0 aliphatic rings. The topological polar surface area (TPSA) is 177 Å². The van der Waals surface area contributed by atoms with Crippen LogP contribution in [-0.2, 0) is 9.59 Å². The van der Waals surface area contributed by atoms with Crippen molar-refractivity contribution in [2.24, 2.45) is 5.73 Å². The van der Waals surface area contributed by atoms with Gasteiger partial charge < -0.3 is 36.6 Å². The zero-order valence-corrected chi connectivity index (χ0v) is 11.1. The average molecular weight is 297 g/mol. The van der Waals surface area contributed by atoms with Crippen molar-refractivity contribution in [3.8, 4) is 0 Å². The second-order valence-electron chi connectivity index (χ2n) is 3.57. The van der Waals surface area contributed by atoms with Crippen molar-refractivity contribution in [2.75, 3.05) is 46.0 Å². The van der Waals surface area contributed by atoms with E-state index >= 15 is 0 Å². The molecule has 0 unspecified atom stereocenters. The number of primary amides is 1. The third kappa shape index (κ3) is 14.8. The number of aliphatic hydroxyl groups excluding tert-OH is 4. The van der Waals surface area contributed by atoms with E-state index < -0.39 is 24.6 Å². The summed E-state index contributed by atoms with van der Waals surface area (Å²) in [5.74, 6) is -2.19. The summed E-state index contributed by atoms with van der Waals surface area (Å²) in [6, 6.07) is 0. The van der Waals surface area contributed by atoms with Gasteiger partial charge in [0.1, 0.15) is 0 Å². The van der Waals surface area contributed by atoms with E-state index in [0.717, 1.165) is 0 Å². The fraction of sp³-hybridized carbons (Fsp3) is 0.800. The number of rotatable bonds is 8. The third-order valence-electron chi connectivity index (χ3n) is 1.92. The number of carbonyl (C=O) groups is 2. The lowest BCUT2D eigenvalue weighted by molar-refractivity contribution is -0.138. The largest absolute Gasteiger partial charge is 0.395 e. The summed E-state index contributed by atoms with van der Waals surface area (Å²) in [5, 5.41) is 43.7. The van der Waals surface area contributed by atoms with Crippen molar-refractivity contribution in [3.05, 3.63) is 0 Å². The summed E-state index contributed by atoms with van der Waals surface area (Å²) in [6.07, 6.45) is -1.66. The maximum atomic E-state index is 10.2. The molecule has 10 heteroatoms. The summed E-state index contributed by atoms with van der Waals surface area (Å²) in [6.45, 7) is 1.35. The number of aliphatic hydroxyl groups is 5. The zero-order chi connectivity index (χ0) is 16.0. The molecule has 20 heavy (non-hydrogen) atoms. The number of hydrogen-bond donors (Lipinski definition) is 7. The minimum absolute atomic E-state index is 0.0694. The zero-order valence-electron chi connectivity index (χ0n) is 11.1. The Bertz CT molecular complexity index is 249. The highest BCUT2D eigenvalue weighted by molar-refractivity contribution is 6.34. The van der Waals surface area contributed by atoms with Crippen LogP contribution in [0.15, 0.2) is 0 Å². The molecule has 8 N–H and O–H groups in total. The predicted octanol–water partition coefficient (Wildman–Crippen LogP) is -4.84. The molecule has 10 nitrogen and oxygen atoms in total. The maximum Gasteiger partial charge on any atom is 0.309 e. The predicted molar refractivity (Wildman–Crippen MR) is 68.1 cm³/mol. The van der Waals surface area contributed by atoms with Crippen LogP contribution in [0.25, 0.3) is 0 Å². The Balaban J connectivity index is 0. The Kier molecular flexibility index (Phi) is 14.8. The van der Waals surface area contributed by atoms with Crippen molar-refractivity contribution in [3.63, 3.8) is 0 Å². The lowest BCUT2D eigenvalue weighted by atomic mass is 10.4. The van der Waals surface area contributed by atoms with E-state index in [4.69, 9.17) is 25.5 Å². The Morgan fingerprint density at radius 3 is 1.65 bits per heavy atom. The van der Waals surface area contributed by atoms with Crippen LogP contribution < -0.4 is 11.1 Å². The number of amides is 2. The summed E-state index contributed by atoms with van der Waals surface area (Å²) in [4.78, 5) is 22.0. The molecule has 0 heterocycles. The molecule has 0 bridgehead atoms. The summed E-state index contributed by atoms with van der Waals surface area (Å²) < 4.78 is 0. The number of carbonyl (C=O) groups excluding carboxylic acids is 2. The normalized spacial score (nSPS) is 10.2. The van der Waals surface area contributed by atoms with Crippen LogP contribution in [0, 0.1) is 0 Å². The minimum Gasteiger partial charge on any atom is -0.395 e. The third-order valence-corrected chi connectivity index (χ3v) is 1.92. The first-order valence-electron chi connectivity index (χ1n) is 5.87. The smallest absolute Gasteiger partial charge is 0.309 e. The molecule has 0 fully saturated rings. The van der Waals surface area contributed by atoms with Gasteiger partial charge in [-0.05, 0) is 0 Å². The van der Waals surface area contributed by atoms with E-state index in [1.165, 1.54) is 0 Å². The summed E-state index contributed by atoms with van der Waals surface area (Å²) >= 11 is 0. The average Bonchev–Trinajstić information content (AvgIpc) is 2.37. The van der Waals surface area contributed by atoms with Crippen LogP contribution in [0.3, 0.4) is 0 Å². The highest BCUT2D eigenvalue weighted by atomic mass is 16.5. The molecular formula is C10H23N3O7. The maximum absolute atomic E-state index is 10.2. The van der Waals surface area contributed by atoms with Gasteiger partial charge in [0.2, 0.25) is 0 Å². The van der Waals surface area contributed by atoms with E-state index in [0.29, 0.717) is 19.6 Å². The van der Waals surface area contributed by atoms with Crippen molar-refractivity contribution in [1.82, 2.24) is 10.2 Å². The minimum atomic E-state index is -1.66. The molecule has 2 amide bonds. The van der Waals surface area contributed by atoms with Crippen molar-refractivity contribution >= 4 is 11.8 Å². The van der Waals surface area contributed by atoms with Crippen LogP contribution in [-0.4, -0.2) is 94.5 Å². The van der Waals surface area contributed by atoms with Gasteiger partial charge in [-0.15, -0.1) is 0 Å². The lowest BCUT2D eigenvalue weighted by Gasteiger charge is -2.17. The van der Waals surface area contributed by atoms with Crippen LogP contribution in [0.5, 0.6) is 0 Å². The molecule has 0 saturated carbocycles. The highest BCUT2D eigenvalue weighted by Crippen LogP contribution is 1.84. The SMILES string of the molecule is NC(=O)C(=O)NCC(O)O.OCCN(CCO)CCO. The van der Waals surface area contributed by atoms with Gasteiger partial charge in [-0.25, -0.2) is 0 Å². The van der Waals surface area contributed by atoms with E-state index in [1.807, 2.05) is 5.32 Å². The Morgan fingerprint density at radius 1 is 1.00 bits per heavy atom. The quantitative estimate of drug-likeness (QED) is 0.172. The fourth-order valence-corrected chi connectivity index (χ4v) is 1.03. The Hall–Kier alpha value is -1.30. The van der Waals surface area contributed by atoms with Crippen LogP contribution in [0.4, 0.5) is 0 Å². The molecule has 120 valence electrons. The monoisotopic (exact) mass is 297 g/mol. The molecule has 0 rings (SSSR count). The molecule has 0 aromatic heterocycles. The second kappa shape index (κ2) is 14.1. The molecule has 0 aliphatic heterocycles. The van der Waals surface area contributed by atoms with Gasteiger partial charge >= 0.3 is 11.8 Å². The first kappa shape index (κ1) is 21.0. The first-order valence-corrected chi connectivity index (χ1v) is 5.87. The van der Waals surface area contributed by atoms with Crippen LogP contribution in [0.1, 0.15) is 0 Å². The van der Waals surface area contributed by atoms with Gasteiger partial charge in [-0.1, -0.05) is 0 Å². The lowest BCUT2D eigenvalue weighted by Crippen LogP contribution is -2.39. The molecule has 0 atom stereocenters. The summed E-state index contributed by atoms with van der Waals surface area (Å²) in [5.41, 5.74) is 4.51. The van der Waals surface area contributed by atoms with Gasteiger partial charge in [-0.2, -0.15) is 0 Å². The number of hydrogen-bond acceptors (Lipinski definition) is 8. The molecule has 0 radical (unpaired) electrons. The van der Waals surface area contributed by atoms with Crippen molar-refractivity contribution < 1.29 is 35.1 Å². The molecule has 0 spiro atoms. The highest BCUT2D eigenvalue weighted by Gasteiger charge is 2.08. The number of nitrogens with two attached hydrogens (primary N) is 1. The fourth-order valence-electron chi connectivity index (χ4n) is 1.03. The Morgan fingerprint density at radius 2 is 1.40 bits per heavy atom. The molecule has 0 aromatic rings. The second-order valence-corrected chi connectivity index (χ2v) is 3.57. The molecule has 0 aromatic carbocycles. The Labute approximate surface area is 116 Å². The van der Waals surface area contributed by atoms with Gasteiger partial charge in [0.15, 0.2) is 6.29 Å². The number of nitrogens with zero attached hydrogens (tertiary/aromatic N) is 1. The van der Waals surface area contributed by atoms with Crippen molar-refractivity contribution in [1.29, 1.82) is 0 Å². The standard InChI is InChI=1S/C6H15NO3.C4H8N2O4/c8-4-1-7(2-5-9)3-6-10;5-3(9)4(10)6-1-2(7)8/h8-10H,1-6H2;2,7-8H,1H2,(H2,5,9)(H,6,10). The van der Waals surface area contributed by atoms with Gasteiger partial charge in [0.05, 0.1) is 26.4 Å². The molecule has 0 aliphatic carbocycles. The van der Waals surface area contributed by atoms with E-state index in [1.54, 1.807) is 4.90 Å². The van der Waals surface area contributed by atoms with Crippen molar-refractivity contribution in [2.45, 2.75) is 6.29 Å². The number of nitrogens with one attached hydrogen (secondary N) is 1. The molecular weight excluding hydrogens is 274 g/mol. The van der Waals surface area contributed by atoms with Crippen LogP contribution >= 0.6 is 0 Å².